The first-order valence-corrected chi connectivity index (χ1v) is 7.53. The highest BCUT2D eigenvalue weighted by molar-refractivity contribution is 5.85. The number of nitrogens with one attached hydrogen (secondary N) is 2. The third-order valence-corrected chi connectivity index (χ3v) is 4.41. The first-order valence-electron chi connectivity index (χ1n) is 7.53. The zero-order chi connectivity index (χ0) is 13.9. The second-order valence-corrected chi connectivity index (χ2v) is 5.85. The molecule has 1 aromatic rings. The summed E-state index contributed by atoms with van der Waals surface area (Å²) < 4.78 is 0. The van der Waals surface area contributed by atoms with Gasteiger partial charge in [-0.3, -0.25) is 4.79 Å². The van der Waals surface area contributed by atoms with E-state index in [-0.39, 0.29) is 36.5 Å². The van der Waals surface area contributed by atoms with Crippen molar-refractivity contribution >= 4 is 18.3 Å². The Labute approximate surface area is 131 Å². The van der Waals surface area contributed by atoms with Gasteiger partial charge in [-0.05, 0) is 43.2 Å². The zero-order valence-corrected chi connectivity index (χ0v) is 12.9. The number of benzene rings is 1. The highest BCUT2D eigenvalue weighted by Gasteiger charge is 2.28. The molecule has 1 saturated carbocycles. The minimum atomic E-state index is -0.230. The van der Waals surface area contributed by atoms with Crippen LogP contribution >= 0.6 is 12.4 Å². The smallest absolute Gasteiger partial charge is 0.241 e. The molecule has 1 fully saturated rings. The van der Waals surface area contributed by atoms with E-state index in [2.05, 4.69) is 16.7 Å². The van der Waals surface area contributed by atoms with E-state index in [9.17, 15) is 9.90 Å². The van der Waals surface area contributed by atoms with Crippen LogP contribution in [0.3, 0.4) is 0 Å². The molecule has 1 unspecified atom stereocenters. The van der Waals surface area contributed by atoms with Crippen LogP contribution in [0.1, 0.15) is 42.9 Å². The standard InChI is InChI=1S/C16H22N2O2.ClH/c19-13-7-5-12(6-8-13)18-16(20)15-14-4-2-1-3-11(14)9-10-17-15;/h1-4,12-13,15,17,19H,5-10H2,(H,18,20);1H. The van der Waals surface area contributed by atoms with Crippen LogP contribution in [0.2, 0.25) is 0 Å². The van der Waals surface area contributed by atoms with Gasteiger partial charge in [-0.2, -0.15) is 0 Å². The van der Waals surface area contributed by atoms with Gasteiger partial charge in [0.25, 0.3) is 0 Å². The van der Waals surface area contributed by atoms with E-state index in [1.165, 1.54) is 5.56 Å². The average molecular weight is 311 g/mol. The summed E-state index contributed by atoms with van der Waals surface area (Å²) in [6.07, 6.45) is 4.13. The van der Waals surface area contributed by atoms with Gasteiger partial charge in [-0.25, -0.2) is 0 Å². The monoisotopic (exact) mass is 310 g/mol. The van der Waals surface area contributed by atoms with Gasteiger partial charge >= 0.3 is 0 Å². The van der Waals surface area contributed by atoms with Crippen molar-refractivity contribution < 1.29 is 9.90 Å². The summed E-state index contributed by atoms with van der Waals surface area (Å²) in [5.74, 6) is 0.0681. The Morgan fingerprint density at radius 2 is 1.90 bits per heavy atom. The fourth-order valence-electron chi connectivity index (χ4n) is 3.24. The summed E-state index contributed by atoms with van der Waals surface area (Å²) >= 11 is 0. The third kappa shape index (κ3) is 3.76. The summed E-state index contributed by atoms with van der Waals surface area (Å²) in [5, 5.41) is 16.0. The van der Waals surface area contributed by atoms with Gasteiger partial charge in [0.2, 0.25) is 5.91 Å². The maximum atomic E-state index is 12.5. The average Bonchev–Trinajstić information content (AvgIpc) is 2.49. The zero-order valence-electron chi connectivity index (χ0n) is 12.0. The van der Waals surface area contributed by atoms with Gasteiger partial charge in [-0.15, -0.1) is 12.4 Å². The molecule has 0 bridgehead atoms. The molecule has 3 N–H and O–H groups in total. The van der Waals surface area contributed by atoms with Crippen molar-refractivity contribution in [3.05, 3.63) is 35.4 Å². The number of rotatable bonds is 2. The number of aliphatic hydroxyl groups is 1. The molecule has 4 nitrogen and oxygen atoms in total. The number of amides is 1. The molecule has 3 rings (SSSR count). The van der Waals surface area contributed by atoms with Gasteiger partial charge in [-0.1, -0.05) is 24.3 Å². The van der Waals surface area contributed by atoms with E-state index in [1.807, 2.05) is 18.2 Å². The van der Waals surface area contributed by atoms with Crippen molar-refractivity contribution in [2.75, 3.05) is 6.54 Å². The normalized spacial score (nSPS) is 28.1. The Morgan fingerprint density at radius 1 is 1.19 bits per heavy atom. The van der Waals surface area contributed by atoms with Crippen LogP contribution in [0.15, 0.2) is 24.3 Å². The molecular weight excluding hydrogens is 288 g/mol. The molecule has 0 radical (unpaired) electrons. The third-order valence-electron chi connectivity index (χ3n) is 4.41. The molecule has 21 heavy (non-hydrogen) atoms. The Morgan fingerprint density at radius 3 is 2.67 bits per heavy atom. The molecule has 1 aliphatic carbocycles. The van der Waals surface area contributed by atoms with Crippen molar-refractivity contribution in [3.8, 4) is 0 Å². The molecule has 0 spiro atoms. The van der Waals surface area contributed by atoms with Crippen molar-refractivity contribution in [1.82, 2.24) is 10.6 Å². The lowest BCUT2D eigenvalue weighted by Gasteiger charge is -2.30. The number of hydrogen-bond acceptors (Lipinski definition) is 3. The lowest BCUT2D eigenvalue weighted by Crippen LogP contribution is -2.46. The fraction of sp³-hybridized carbons (Fsp3) is 0.562. The van der Waals surface area contributed by atoms with Gasteiger partial charge in [0, 0.05) is 12.6 Å². The molecule has 116 valence electrons. The molecule has 1 aliphatic heterocycles. The second kappa shape index (κ2) is 7.25. The SMILES string of the molecule is Cl.O=C(NC1CCC(O)CC1)C1NCCc2ccccc21. The largest absolute Gasteiger partial charge is 0.393 e. The predicted molar refractivity (Wildman–Crippen MR) is 84.5 cm³/mol. The number of halogens is 1. The Balaban J connectivity index is 0.00000161. The van der Waals surface area contributed by atoms with E-state index in [0.717, 1.165) is 44.2 Å². The molecule has 2 aliphatic rings. The van der Waals surface area contributed by atoms with E-state index in [1.54, 1.807) is 0 Å². The maximum absolute atomic E-state index is 12.5. The van der Waals surface area contributed by atoms with E-state index >= 15 is 0 Å². The van der Waals surface area contributed by atoms with Crippen LogP contribution in [0.4, 0.5) is 0 Å². The van der Waals surface area contributed by atoms with Crippen LogP contribution in [-0.4, -0.2) is 29.7 Å². The number of aliphatic hydroxyl groups excluding tert-OH is 1. The highest BCUT2D eigenvalue weighted by Crippen LogP contribution is 2.24. The van der Waals surface area contributed by atoms with Gasteiger partial charge in [0.15, 0.2) is 0 Å². The summed E-state index contributed by atoms with van der Waals surface area (Å²) in [4.78, 5) is 12.5. The first-order chi connectivity index (χ1) is 9.74. The quantitative estimate of drug-likeness (QED) is 0.779. The molecule has 5 heteroatoms. The Kier molecular flexibility index (Phi) is 5.62. The molecule has 1 heterocycles. The van der Waals surface area contributed by atoms with Crippen molar-refractivity contribution in [2.24, 2.45) is 0 Å². The number of hydrogen-bond donors (Lipinski definition) is 3. The lowest BCUT2D eigenvalue weighted by atomic mass is 9.91. The topological polar surface area (TPSA) is 61.4 Å². The molecule has 0 aromatic heterocycles. The summed E-state index contributed by atoms with van der Waals surface area (Å²) in [7, 11) is 0. The minimum absolute atomic E-state index is 0. The fourth-order valence-corrected chi connectivity index (χ4v) is 3.24. The van der Waals surface area contributed by atoms with Gasteiger partial charge in [0.1, 0.15) is 6.04 Å². The van der Waals surface area contributed by atoms with Crippen LogP contribution in [0, 0.1) is 0 Å². The number of carbonyl (C=O) groups excluding carboxylic acids is 1. The van der Waals surface area contributed by atoms with Crippen LogP contribution in [0.5, 0.6) is 0 Å². The molecule has 1 aromatic carbocycles. The van der Waals surface area contributed by atoms with E-state index < -0.39 is 0 Å². The summed E-state index contributed by atoms with van der Waals surface area (Å²) in [5.41, 5.74) is 2.37. The molecule has 0 saturated heterocycles. The highest BCUT2D eigenvalue weighted by atomic mass is 35.5. The van der Waals surface area contributed by atoms with Crippen LogP contribution in [-0.2, 0) is 11.2 Å². The van der Waals surface area contributed by atoms with E-state index in [0.29, 0.717) is 0 Å². The van der Waals surface area contributed by atoms with Gasteiger partial charge in [0.05, 0.1) is 6.10 Å². The number of carbonyl (C=O) groups is 1. The van der Waals surface area contributed by atoms with Crippen LogP contribution < -0.4 is 10.6 Å². The van der Waals surface area contributed by atoms with Crippen molar-refractivity contribution in [1.29, 1.82) is 0 Å². The van der Waals surface area contributed by atoms with Gasteiger partial charge < -0.3 is 15.7 Å². The van der Waals surface area contributed by atoms with Crippen LogP contribution in [0.25, 0.3) is 0 Å². The lowest BCUT2D eigenvalue weighted by molar-refractivity contribution is -0.124. The molecular formula is C16H23ClN2O2. The van der Waals surface area contributed by atoms with E-state index in [4.69, 9.17) is 0 Å². The maximum Gasteiger partial charge on any atom is 0.241 e. The minimum Gasteiger partial charge on any atom is -0.393 e. The van der Waals surface area contributed by atoms with Crippen molar-refractivity contribution in [2.45, 2.75) is 50.3 Å². The molecule has 1 atom stereocenters. The molecule has 1 amide bonds. The summed E-state index contributed by atoms with van der Waals surface area (Å²) in [6.45, 7) is 0.846. The Hall–Kier alpha value is -1.10. The summed E-state index contributed by atoms with van der Waals surface area (Å²) in [6, 6.07) is 8.14. The second-order valence-electron chi connectivity index (χ2n) is 5.85. The first kappa shape index (κ1) is 16.3. The Bertz CT molecular complexity index is 487. The predicted octanol–water partition coefficient (Wildman–Crippen LogP) is 1.71. The number of fused-ring (bicyclic) bond motifs is 1. The van der Waals surface area contributed by atoms with Crippen molar-refractivity contribution in [3.63, 3.8) is 0 Å².